The average molecular weight is 303 g/mol. The summed E-state index contributed by atoms with van der Waals surface area (Å²) in [4.78, 5) is 14.4. The Morgan fingerprint density at radius 1 is 1.14 bits per heavy atom. The van der Waals surface area contributed by atoms with Crippen LogP contribution in [0, 0.1) is 0 Å². The highest BCUT2D eigenvalue weighted by atomic mass is 16.4. The van der Waals surface area contributed by atoms with Crippen molar-refractivity contribution in [3.05, 3.63) is 53.7 Å². The van der Waals surface area contributed by atoms with Gasteiger partial charge in [-0.3, -0.25) is 0 Å². The second-order valence-corrected chi connectivity index (χ2v) is 5.33. The predicted octanol–water partition coefficient (Wildman–Crippen LogP) is 3.60. The summed E-state index contributed by atoms with van der Waals surface area (Å²) in [6, 6.07) is 10.4. The lowest BCUT2D eigenvalue weighted by Crippen LogP contribution is -2.01. The fourth-order valence-corrected chi connectivity index (χ4v) is 2.33. The van der Waals surface area contributed by atoms with Crippen LogP contribution >= 0.6 is 0 Å². The van der Waals surface area contributed by atoms with Crippen LogP contribution in [0.5, 0.6) is 0 Å². The number of nitrogens with zero attached hydrogens (tertiary/aromatic N) is 1. The van der Waals surface area contributed by atoms with Crippen molar-refractivity contribution in [3.8, 4) is 0 Å². The first-order valence-corrected chi connectivity index (χ1v) is 7.57. The number of carboxylic acids is 1. The van der Waals surface area contributed by atoms with Gasteiger partial charge in [0.2, 0.25) is 5.89 Å². The van der Waals surface area contributed by atoms with Gasteiger partial charge in [-0.25, -0.2) is 9.78 Å². The van der Waals surface area contributed by atoms with E-state index in [1.165, 1.54) is 5.56 Å². The van der Waals surface area contributed by atoms with Crippen LogP contribution in [0.15, 0.2) is 41.0 Å². The Morgan fingerprint density at radius 2 is 1.86 bits per heavy atom. The van der Waals surface area contributed by atoms with Crippen LogP contribution < -0.4 is 0 Å². The Kier molecular flexibility index (Phi) is 6.15. The van der Waals surface area contributed by atoms with E-state index >= 15 is 0 Å². The summed E-state index contributed by atoms with van der Waals surface area (Å²) in [6.45, 7) is 0. The van der Waals surface area contributed by atoms with E-state index in [9.17, 15) is 9.90 Å². The molecule has 0 fully saturated rings. The highest BCUT2D eigenvalue weighted by Gasteiger charge is 2.16. The molecule has 0 aliphatic heterocycles. The molecule has 118 valence electrons. The molecule has 2 N–H and O–H groups in total. The second-order valence-electron chi connectivity index (χ2n) is 5.33. The molecular weight excluding hydrogens is 282 g/mol. The van der Waals surface area contributed by atoms with Gasteiger partial charge in [0.05, 0.1) is 0 Å². The van der Waals surface area contributed by atoms with Gasteiger partial charge in [-0.05, 0) is 24.8 Å². The standard InChI is InChI=1S/C17H21NO4/c19-15(16-18-14(12-22-16)17(20)21)11-7-2-1-4-8-13-9-5-3-6-10-13/h3,5-6,9-10,12,15,19H,1-2,4,7-8,11H2,(H,20,21). The lowest BCUT2D eigenvalue weighted by Gasteiger charge is -2.06. The monoisotopic (exact) mass is 303 g/mol. The van der Waals surface area contributed by atoms with Crippen LogP contribution in [0.3, 0.4) is 0 Å². The fourth-order valence-electron chi connectivity index (χ4n) is 2.33. The zero-order valence-corrected chi connectivity index (χ0v) is 12.4. The number of aryl methyl sites for hydroxylation is 1. The van der Waals surface area contributed by atoms with Crippen LogP contribution in [0.4, 0.5) is 0 Å². The van der Waals surface area contributed by atoms with E-state index < -0.39 is 12.1 Å². The number of aromatic nitrogens is 1. The molecular formula is C17H21NO4. The van der Waals surface area contributed by atoms with Gasteiger partial charge < -0.3 is 14.6 Å². The molecule has 0 bridgehead atoms. The van der Waals surface area contributed by atoms with Crippen molar-refractivity contribution in [2.24, 2.45) is 0 Å². The van der Waals surface area contributed by atoms with Gasteiger partial charge in [0, 0.05) is 0 Å². The summed E-state index contributed by atoms with van der Waals surface area (Å²) in [5.41, 5.74) is 1.18. The zero-order chi connectivity index (χ0) is 15.8. The average Bonchev–Trinajstić information content (AvgIpc) is 3.02. The normalized spacial score (nSPS) is 12.2. The lowest BCUT2D eigenvalue weighted by atomic mass is 10.0. The minimum Gasteiger partial charge on any atom is -0.476 e. The Balaban J connectivity index is 1.60. The van der Waals surface area contributed by atoms with Crippen molar-refractivity contribution in [1.29, 1.82) is 0 Å². The van der Waals surface area contributed by atoms with Crippen molar-refractivity contribution in [2.45, 2.75) is 44.6 Å². The number of hydrogen-bond acceptors (Lipinski definition) is 4. The van der Waals surface area contributed by atoms with E-state index in [-0.39, 0.29) is 11.6 Å². The quantitative estimate of drug-likeness (QED) is 0.691. The van der Waals surface area contributed by atoms with Gasteiger partial charge in [-0.15, -0.1) is 0 Å². The highest BCUT2D eigenvalue weighted by molar-refractivity contribution is 5.84. The molecule has 0 aliphatic carbocycles. The molecule has 1 aromatic heterocycles. The number of aromatic carboxylic acids is 1. The Morgan fingerprint density at radius 3 is 2.55 bits per heavy atom. The maximum atomic E-state index is 10.7. The minimum atomic E-state index is -1.15. The zero-order valence-electron chi connectivity index (χ0n) is 12.4. The Hall–Kier alpha value is -2.14. The van der Waals surface area contributed by atoms with E-state index in [0.29, 0.717) is 6.42 Å². The van der Waals surface area contributed by atoms with Crippen molar-refractivity contribution < 1.29 is 19.4 Å². The van der Waals surface area contributed by atoms with Gasteiger partial charge in [0.15, 0.2) is 5.69 Å². The maximum Gasteiger partial charge on any atom is 0.357 e. The summed E-state index contributed by atoms with van der Waals surface area (Å²) in [5.74, 6) is -1.07. The molecule has 0 radical (unpaired) electrons. The van der Waals surface area contributed by atoms with Crippen molar-refractivity contribution in [2.75, 3.05) is 0 Å². The number of oxazole rings is 1. The van der Waals surface area contributed by atoms with Crippen LogP contribution in [0.1, 0.15) is 60.2 Å². The third kappa shape index (κ3) is 5.00. The van der Waals surface area contributed by atoms with Gasteiger partial charge in [-0.1, -0.05) is 49.6 Å². The van der Waals surface area contributed by atoms with E-state index in [1.807, 2.05) is 18.2 Å². The number of aliphatic hydroxyl groups excluding tert-OH is 1. The van der Waals surface area contributed by atoms with Gasteiger partial charge in [0.1, 0.15) is 12.4 Å². The summed E-state index contributed by atoms with van der Waals surface area (Å²) in [7, 11) is 0. The first-order chi connectivity index (χ1) is 10.7. The molecule has 22 heavy (non-hydrogen) atoms. The summed E-state index contributed by atoms with van der Waals surface area (Å²) < 4.78 is 4.98. The van der Waals surface area contributed by atoms with Crippen molar-refractivity contribution >= 4 is 5.97 Å². The Bertz CT molecular complexity index is 579. The topological polar surface area (TPSA) is 83.6 Å². The number of aliphatic hydroxyl groups is 1. The number of carboxylic acid groups (broad SMARTS) is 1. The molecule has 1 aromatic carbocycles. The molecule has 0 saturated heterocycles. The first kappa shape index (κ1) is 16.2. The van der Waals surface area contributed by atoms with E-state index in [4.69, 9.17) is 9.52 Å². The molecule has 5 heteroatoms. The Labute approximate surface area is 129 Å². The fraction of sp³-hybridized carbons (Fsp3) is 0.412. The van der Waals surface area contributed by atoms with Crippen LogP contribution in [-0.2, 0) is 6.42 Å². The van der Waals surface area contributed by atoms with Gasteiger partial charge >= 0.3 is 5.97 Å². The smallest absolute Gasteiger partial charge is 0.357 e. The summed E-state index contributed by atoms with van der Waals surface area (Å²) >= 11 is 0. The summed E-state index contributed by atoms with van der Waals surface area (Å²) in [6.07, 6.45) is 5.95. The molecule has 0 saturated carbocycles. The number of carbonyl (C=O) groups is 1. The number of rotatable bonds is 9. The molecule has 1 unspecified atom stereocenters. The van der Waals surface area contributed by atoms with Crippen molar-refractivity contribution in [3.63, 3.8) is 0 Å². The van der Waals surface area contributed by atoms with Gasteiger partial charge in [-0.2, -0.15) is 0 Å². The molecule has 0 spiro atoms. The molecule has 1 heterocycles. The molecule has 2 rings (SSSR count). The van der Waals surface area contributed by atoms with Crippen molar-refractivity contribution in [1.82, 2.24) is 4.98 Å². The maximum absolute atomic E-state index is 10.7. The third-order valence-electron chi connectivity index (χ3n) is 3.56. The molecule has 0 aliphatic rings. The lowest BCUT2D eigenvalue weighted by molar-refractivity contribution is 0.0690. The second kappa shape index (κ2) is 8.34. The largest absolute Gasteiger partial charge is 0.476 e. The number of hydrogen-bond donors (Lipinski definition) is 2. The minimum absolute atomic E-state index is 0.0849. The molecule has 1 atom stereocenters. The predicted molar refractivity (Wildman–Crippen MR) is 81.7 cm³/mol. The summed E-state index contributed by atoms with van der Waals surface area (Å²) in [5, 5.41) is 18.6. The molecule has 0 amide bonds. The molecule has 5 nitrogen and oxygen atoms in total. The third-order valence-corrected chi connectivity index (χ3v) is 3.56. The van der Waals surface area contributed by atoms with Crippen LogP contribution in [0.25, 0.3) is 0 Å². The van der Waals surface area contributed by atoms with Gasteiger partial charge in [0.25, 0.3) is 0 Å². The number of unbranched alkanes of at least 4 members (excludes halogenated alkanes) is 3. The number of benzene rings is 1. The SMILES string of the molecule is O=C(O)c1coc(C(O)CCCCCCc2ccccc2)n1. The highest BCUT2D eigenvalue weighted by Crippen LogP contribution is 2.19. The van der Waals surface area contributed by atoms with E-state index in [2.05, 4.69) is 17.1 Å². The van der Waals surface area contributed by atoms with E-state index in [1.54, 1.807) is 0 Å². The van der Waals surface area contributed by atoms with Crippen LogP contribution in [-0.4, -0.2) is 21.2 Å². The molecule has 2 aromatic rings. The first-order valence-electron chi connectivity index (χ1n) is 7.57. The van der Waals surface area contributed by atoms with E-state index in [0.717, 1.165) is 38.4 Å². The van der Waals surface area contributed by atoms with Crippen LogP contribution in [0.2, 0.25) is 0 Å².